The smallest absolute Gasteiger partial charge is 0.244 e. The van der Waals surface area contributed by atoms with Gasteiger partial charge in [-0.1, -0.05) is 15.9 Å². The Labute approximate surface area is 113 Å². The van der Waals surface area contributed by atoms with E-state index in [9.17, 15) is 0 Å². The SMILES string of the molecule is Cc1cc(Oc2nccc(C#N)c2N)ccc1Br. The first-order chi connectivity index (χ1) is 8.61. The molecule has 0 bridgehead atoms. The zero-order chi connectivity index (χ0) is 13.1. The highest BCUT2D eigenvalue weighted by molar-refractivity contribution is 9.10. The number of hydrogen-bond donors (Lipinski definition) is 1. The fourth-order valence-corrected chi connectivity index (χ4v) is 1.67. The van der Waals surface area contributed by atoms with Gasteiger partial charge < -0.3 is 10.5 Å². The molecular formula is C13H10BrN3O. The van der Waals surface area contributed by atoms with Gasteiger partial charge in [0, 0.05) is 10.7 Å². The molecule has 2 N–H and O–H groups in total. The number of nitrogen functional groups attached to an aromatic ring is 1. The maximum atomic E-state index is 8.87. The summed E-state index contributed by atoms with van der Waals surface area (Å²) in [5.41, 5.74) is 7.44. The van der Waals surface area contributed by atoms with Crippen molar-refractivity contribution in [2.45, 2.75) is 6.92 Å². The molecule has 0 spiro atoms. The van der Waals surface area contributed by atoms with Crippen molar-refractivity contribution < 1.29 is 4.74 Å². The lowest BCUT2D eigenvalue weighted by Crippen LogP contribution is -1.97. The molecule has 2 rings (SSSR count). The van der Waals surface area contributed by atoms with Crippen LogP contribution in [0.4, 0.5) is 5.69 Å². The van der Waals surface area contributed by atoms with Crippen LogP contribution in [-0.4, -0.2) is 4.98 Å². The Kier molecular flexibility index (Phi) is 3.49. The van der Waals surface area contributed by atoms with Gasteiger partial charge in [0.25, 0.3) is 0 Å². The number of aromatic nitrogens is 1. The van der Waals surface area contributed by atoms with Crippen molar-refractivity contribution in [3.8, 4) is 17.7 Å². The first-order valence-corrected chi connectivity index (χ1v) is 5.99. The monoisotopic (exact) mass is 303 g/mol. The molecule has 4 nitrogen and oxygen atoms in total. The van der Waals surface area contributed by atoms with Crippen LogP contribution in [0, 0.1) is 18.3 Å². The van der Waals surface area contributed by atoms with Gasteiger partial charge in [0.2, 0.25) is 5.88 Å². The van der Waals surface area contributed by atoms with Crippen LogP contribution in [0.5, 0.6) is 11.6 Å². The van der Waals surface area contributed by atoms with E-state index in [1.165, 1.54) is 6.20 Å². The Morgan fingerprint density at radius 1 is 1.39 bits per heavy atom. The second kappa shape index (κ2) is 5.07. The number of pyridine rings is 1. The van der Waals surface area contributed by atoms with Crippen molar-refractivity contribution in [1.29, 1.82) is 5.26 Å². The Morgan fingerprint density at radius 3 is 2.83 bits per heavy atom. The van der Waals surface area contributed by atoms with Crippen molar-refractivity contribution in [1.82, 2.24) is 4.98 Å². The normalized spacial score (nSPS) is 9.83. The van der Waals surface area contributed by atoms with Crippen LogP contribution in [0.25, 0.3) is 0 Å². The molecule has 0 atom stereocenters. The standard InChI is InChI=1S/C13H10BrN3O/c1-8-6-10(2-3-11(8)14)18-13-12(16)9(7-15)4-5-17-13/h2-6H,16H2,1H3. The summed E-state index contributed by atoms with van der Waals surface area (Å²) in [4.78, 5) is 4.02. The van der Waals surface area contributed by atoms with E-state index in [1.54, 1.807) is 12.1 Å². The zero-order valence-electron chi connectivity index (χ0n) is 9.64. The van der Waals surface area contributed by atoms with Gasteiger partial charge >= 0.3 is 0 Å². The summed E-state index contributed by atoms with van der Waals surface area (Å²) in [5, 5.41) is 8.87. The zero-order valence-corrected chi connectivity index (χ0v) is 11.2. The summed E-state index contributed by atoms with van der Waals surface area (Å²) in [7, 11) is 0. The van der Waals surface area contributed by atoms with E-state index >= 15 is 0 Å². The number of nitrogens with zero attached hydrogens (tertiary/aromatic N) is 2. The van der Waals surface area contributed by atoms with Crippen LogP contribution in [0.3, 0.4) is 0 Å². The third kappa shape index (κ3) is 2.44. The minimum atomic E-state index is 0.246. The van der Waals surface area contributed by atoms with Gasteiger partial charge in [-0.15, -0.1) is 0 Å². The molecule has 0 fully saturated rings. The predicted octanol–water partition coefficient (Wildman–Crippen LogP) is 3.40. The van der Waals surface area contributed by atoms with Crippen molar-refractivity contribution in [3.63, 3.8) is 0 Å². The summed E-state index contributed by atoms with van der Waals surface area (Å²) in [6.45, 7) is 1.96. The van der Waals surface area contributed by atoms with Crippen LogP contribution in [-0.2, 0) is 0 Å². The second-order valence-electron chi connectivity index (χ2n) is 3.70. The lowest BCUT2D eigenvalue weighted by molar-refractivity contribution is 0.465. The van der Waals surface area contributed by atoms with Crippen LogP contribution in [0.15, 0.2) is 34.9 Å². The maximum Gasteiger partial charge on any atom is 0.244 e. The van der Waals surface area contributed by atoms with Gasteiger partial charge in [-0.05, 0) is 36.8 Å². The Bertz CT molecular complexity index is 635. The molecule has 0 unspecified atom stereocenters. The molecule has 2 aromatic rings. The lowest BCUT2D eigenvalue weighted by Gasteiger charge is -2.09. The summed E-state index contributed by atoms with van der Waals surface area (Å²) in [5.74, 6) is 0.876. The number of ether oxygens (including phenoxy) is 1. The van der Waals surface area contributed by atoms with E-state index in [1.807, 2.05) is 25.1 Å². The van der Waals surface area contributed by atoms with Crippen molar-refractivity contribution in [3.05, 3.63) is 46.1 Å². The molecule has 0 radical (unpaired) electrons. The predicted molar refractivity (Wildman–Crippen MR) is 72.3 cm³/mol. The third-order valence-electron chi connectivity index (χ3n) is 2.42. The van der Waals surface area contributed by atoms with Gasteiger partial charge in [0.15, 0.2) is 0 Å². The molecule has 0 amide bonds. The van der Waals surface area contributed by atoms with E-state index in [-0.39, 0.29) is 11.6 Å². The highest BCUT2D eigenvalue weighted by Crippen LogP contribution is 2.29. The molecule has 0 aliphatic carbocycles. The first-order valence-electron chi connectivity index (χ1n) is 5.20. The van der Waals surface area contributed by atoms with Crippen molar-refractivity contribution >= 4 is 21.6 Å². The van der Waals surface area contributed by atoms with Gasteiger partial charge in [-0.2, -0.15) is 5.26 Å². The number of aryl methyl sites for hydroxylation is 1. The van der Waals surface area contributed by atoms with Crippen LogP contribution in [0.1, 0.15) is 11.1 Å². The highest BCUT2D eigenvalue weighted by atomic mass is 79.9. The summed E-state index contributed by atoms with van der Waals surface area (Å²) in [6.07, 6.45) is 1.50. The number of nitrogens with two attached hydrogens (primary N) is 1. The Balaban J connectivity index is 2.35. The van der Waals surface area contributed by atoms with Gasteiger partial charge in [0.05, 0.1) is 5.56 Å². The average Bonchev–Trinajstić information content (AvgIpc) is 2.36. The molecule has 1 aromatic carbocycles. The molecular weight excluding hydrogens is 294 g/mol. The molecule has 0 aliphatic rings. The quantitative estimate of drug-likeness (QED) is 0.923. The van der Waals surface area contributed by atoms with Crippen LogP contribution in [0.2, 0.25) is 0 Å². The topological polar surface area (TPSA) is 71.9 Å². The number of benzene rings is 1. The summed E-state index contributed by atoms with van der Waals surface area (Å²) >= 11 is 3.41. The molecule has 1 heterocycles. The van der Waals surface area contributed by atoms with E-state index < -0.39 is 0 Å². The molecule has 5 heteroatoms. The number of rotatable bonds is 2. The largest absolute Gasteiger partial charge is 0.437 e. The molecule has 1 aromatic heterocycles. The fraction of sp³-hybridized carbons (Fsp3) is 0.0769. The van der Waals surface area contributed by atoms with E-state index in [2.05, 4.69) is 20.9 Å². The van der Waals surface area contributed by atoms with Gasteiger partial charge in [0.1, 0.15) is 17.5 Å². The second-order valence-corrected chi connectivity index (χ2v) is 4.56. The summed E-state index contributed by atoms with van der Waals surface area (Å²) < 4.78 is 6.58. The molecule has 0 saturated carbocycles. The average molecular weight is 304 g/mol. The molecule has 0 saturated heterocycles. The first kappa shape index (κ1) is 12.4. The minimum absolute atomic E-state index is 0.246. The number of halogens is 1. The van der Waals surface area contributed by atoms with Crippen molar-refractivity contribution in [2.75, 3.05) is 5.73 Å². The third-order valence-corrected chi connectivity index (χ3v) is 3.31. The Hall–Kier alpha value is -2.06. The van der Waals surface area contributed by atoms with Crippen LogP contribution >= 0.6 is 15.9 Å². The lowest BCUT2D eigenvalue weighted by atomic mass is 10.2. The highest BCUT2D eigenvalue weighted by Gasteiger charge is 2.08. The fourth-order valence-electron chi connectivity index (χ4n) is 1.43. The minimum Gasteiger partial charge on any atom is -0.437 e. The van der Waals surface area contributed by atoms with E-state index in [4.69, 9.17) is 15.7 Å². The molecule has 90 valence electrons. The van der Waals surface area contributed by atoms with Gasteiger partial charge in [-0.3, -0.25) is 0 Å². The molecule has 18 heavy (non-hydrogen) atoms. The molecule has 0 aliphatic heterocycles. The number of nitriles is 1. The van der Waals surface area contributed by atoms with E-state index in [0.29, 0.717) is 11.3 Å². The Morgan fingerprint density at radius 2 is 2.17 bits per heavy atom. The van der Waals surface area contributed by atoms with Crippen LogP contribution < -0.4 is 10.5 Å². The maximum absolute atomic E-state index is 8.87. The van der Waals surface area contributed by atoms with E-state index in [0.717, 1.165) is 10.0 Å². The van der Waals surface area contributed by atoms with Crippen molar-refractivity contribution in [2.24, 2.45) is 0 Å². The van der Waals surface area contributed by atoms with Gasteiger partial charge in [-0.25, -0.2) is 4.98 Å². The summed E-state index contributed by atoms with van der Waals surface area (Å²) in [6, 6.07) is 9.09. The number of anilines is 1. The number of hydrogen-bond acceptors (Lipinski definition) is 4.